The number of nitrogen functional groups attached to an aromatic ring is 1. The van der Waals surface area contributed by atoms with Crippen molar-refractivity contribution in [3.05, 3.63) is 78.4 Å². The van der Waals surface area contributed by atoms with Crippen LogP contribution in [0.1, 0.15) is 43.0 Å². The monoisotopic (exact) mass is 488 g/mol. The molecule has 0 spiro atoms. The van der Waals surface area contributed by atoms with Crippen molar-refractivity contribution in [2.75, 3.05) is 25.4 Å². The zero-order chi connectivity index (χ0) is 24.9. The number of imidazole rings is 1. The number of pyridine rings is 1. The summed E-state index contributed by atoms with van der Waals surface area (Å²) in [7, 11) is 0. The Morgan fingerprint density at radius 1 is 0.946 bits per heavy atom. The second kappa shape index (κ2) is 8.96. The normalized spacial score (nSPS) is 20.0. The van der Waals surface area contributed by atoms with Crippen LogP contribution in [0.2, 0.25) is 0 Å². The summed E-state index contributed by atoms with van der Waals surface area (Å²) >= 11 is 0. The predicted octanol–water partition coefficient (Wildman–Crippen LogP) is 6.09. The van der Waals surface area contributed by atoms with Crippen LogP contribution in [0.5, 0.6) is 0 Å². The van der Waals surface area contributed by atoms with E-state index in [9.17, 15) is 0 Å². The zero-order valence-electron chi connectivity index (χ0n) is 21.3. The highest BCUT2D eigenvalue weighted by Gasteiger charge is 2.35. The van der Waals surface area contributed by atoms with Gasteiger partial charge in [-0.1, -0.05) is 42.5 Å². The fourth-order valence-electron chi connectivity index (χ4n) is 6.31. The van der Waals surface area contributed by atoms with Gasteiger partial charge in [0.25, 0.3) is 0 Å². The first-order valence-corrected chi connectivity index (χ1v) is 13.5. The van der Waals surface area contributed by atoms with E-state index in [-0.39, 0.29) is 0 Å². The first kappa shape index (κ1) is 22.4. The van der Waals surface area contributed by atoms with Crippen LogP contribution < -0.4 is 5.73 Å². The Morgan fingerprint density at radius 3 is 2.57 bits per heavy atom. The van der Waals surface area contributed by atoms with Crippen molar-refractivity contribution in [2.45, 2.75) is 38.5 Å². The molecule has 186 valence electrons. The van der Waals surface area contributed by atoms with E-state index in [2.05, 4.69) is 69.7 Å². The molecule has 1 aliphatic carbocycles. The van der Waals surface area contributed by atoms with E-state index < -0.39 is 0 Å². The van der Waals surface area contributed by atoms with E-state index in [1.807, 2.05) is 12.3 Å². The topological polar surface area (TPSA) is 72.3 Å². The molecular weight excluding hydrogens is 456 g/mol. The summed E-state index contributed by atoms with van der Waals surface area (Å²) < 4.78 is 2.18. The van der Waals surface area contributed by atoms with Crippen molar-refractivity contribution in [1.82, 2.24) is 24.3 Å². The van der Waals surface area contributed by atoms with Gasteiger partial charge in [0.2, 0.25) is 0 Å². The third-order valence-corrected chi connectivity index (χ3v) is 8.29. The number of nitrogens with two attached hydrogens (primary N) is 1. The molecule has 0 atom stereocenters. The van der Waals surface area contributed by atoms with Crippen LogP contribution >= 0.6 is 0 Å². The Kier molecular flexibility index (Phi) is 5.43. The largest absolute Gasteiger partial charge is 0.382 e. The summed E-state index contributed by atoms with van der Waals surface area (Å²) in [6.07, 6.45) is 8.89. The lowest BCUT2D eigenvalue weighted by molar-refractivity contribution is 0.176. The minimum Gasteiger partial charge on any atom is -0.382 e. The molecule has 0 bridgehead atoms. The van der Waals surface area contributed by atoms with Gasteiger partial charge in [0.05, 0.1) is 11.2 Å². The van der Waals surface area contributed by atoms with Gasteiger partial charge >= 0.3 is 0 Å². The smallest absolute Gasteiger partial charge is 0.150 e. The van der Waals surface area contributed by atoms with Gasteiger partial charge in [-0.25, -0.2) is 15.0 Å². The van der Waals surface area contributed by atoms with Crippen LogP contribution in [0.3, 0.4) is 0 Å². The lowest BCUT2D eigenvalue weighted by atomic mass is 9.74. The minimum atomic E-state index is 0.459. The van der Waals surface area contributed by atoms with Gasteiger partial charge in [0.1, 0.15) is 22.9 Å². The number of rotatable bonds is 5. The first-order valence-electron chi connectivity index (χ1n) is 13.5. The molecule has 2 fully saturated rings. The highest BCUT2D eigenvalue weighted by Crippen LogP contribution is 2.44. The van der Waals surface area contributed by atoms with Gasteiger partial charge in [0.15, 0.2) is 0 Å². The molecule has 7 rings (SSSR count). The molecule has 6 nitrogen and oxygen atoms in total. The molecule has 0 unspecified atom stereocenters. The molecule has 1 aliphatic heterocycles. The van der Waals surface area contributed by atoms with E-state index in [1.54, 1.807) is 6.20 Å². The lowest BCUT2D eigenvalue weighted by Crippen LogP contribution is -2.34. The molecule has 0 radical (unpaired) electrons. The Hall–Kier alpha value is -3.77. The number of aromatic nitrogens is 4. The third kappa shape index (κ3) is 3.96. The highest BCUT2D eigenvalue weighted by molar-refractivity contribution is 5.92. The SMILES string of the molecule is Cc1cc(-c2ccccc2)nc2cc(-c3nc(C4CC(CN5CCCC5)C4)n4ccnc(N)c34)ccc12. The fraction of sp³-hybridized carbons (Fsp3) is 0.323. The average molecular weight is 489 g/mol. The summed E-state index contributed by atoms with van der Waals surface area (Å²) in [5.41, 5.74) is 13.6. The van der Waals surface area contributed by atoms with Crippen molar-refractivity contribution in [3.8, 4) is 22.5 Å². The number of aryl methyl sites for hydroxylation is 1. The highest BCUT2D eigenvalue weighted by atomic mass is 15.1. The van der Waals surface area contributed by atoms with Crippen molar-refractivity contribution in [2.24, 2.45) is 5.92 Å². The lowest BCUT2D eigenvalue weighted by Gasteiger charge is -2.37. The quantitative estimate of drug-likeness (QED) is 0.324. The summed E-state index contributed by atoms with van der Waals surface area (Å²) in [5, 5.41) is 1.15. The van der Waals surface area contributed by atoms with Gasteiger partial charge in [-0.15, -0.1) is 0 Å². The van der Waals surface area contributed by atoms with Crippen LogP contribution in [0.25, 0.3) is 38.9 Å². The van der Waals surface area contributed by atoms with Gasteiger partial charge < -0.3 is 10.6 Å². The maximum Gasteiger partial charge on any atom is 0.150 e. The first-order chi connectivity index (χ1) is 18.1. The van der Waals surface area contributed by atoms with Crippen molar-refractivity contribution in [1.29, 1.82) is 0 Å². The Balaban J connectivity index is 1.27. The van der Waals surface area contributed by atoms with Crippen LogP contribution in [0, 0.1) is 12.8 Å². The standard InChI is InChI=1S/C31H32N6/c1-20-15-26(22-7-3-2-4-8-22)34-27-18-23(9-10-25(20)27)28-29-30(32)33-11-14-37(29)31(35-28)24-16-21(17-24)19-36-12-5-6-13-36/h2-4,7-11,14-15,18,21,24H,5-6,12-13,16-17,19H2,1H3,(H2,32,33). The molecule has 1 saturated heterocycles. The van der Waals surface area contributed by atoms with E-state index in [4.69, 9.17) is 15.7 Å². The number of hydrogen-bond donors (Lipinski definition) is 1. The van der Waals surface area contributed by atoms with Crippen molar-refractivity contribution < 1.29 is 0 Å². The number of benzene rings is 2. The third-order valence-electron chi connectivity index (χ3n) is 8.29. The molecule has 5 aromatic rings. The van der Waals surface area contributed by atoms with Gasteiger partial charge in [-0.2, -0.15) is 0 Å². The van der Waals surface area contributed by atoms with Crippen LogP contribution in [-0.2, 0) is 0 Å². The average Bonchev–Trinajstić information content (AvgIpc) is 3.55. The number of nitrogens with zero attached hydrogens (tertiary/aromatic N) is 5. The van der Waals surface area contributed by atoms with Crippen LogP contribution in [-0.4, -0.2) is 43.9 Å². The minimum absolute atomic E-state index is 0.459. The molecule has 1 saturated carbocycles. The second-order valence-electron chi connectivity index (χ2n) is 10.8. The molecule has 2 aliphatic rings. The molecule has 37 heavy (non-hydrogen) atoms. The maximum atomic E-state index is 6.45. The Morgan fingerprint density at radius 2 is 1.76 bits per heavy atom. The summed E-state index contributed by atoms with van der Waals surface area (Å²) in [4.78, 5) is 17.3. The molecule has 6 heteroatoms. The molecule has 3 aromatic heterocycles. The van der Waals surface area contributed by atoms with Gasteiger partial charge in [0, 0.05) is 41.4 Å². The fourth-order valence-corrected chi connectivity index (χ4v) is 6.31. The van der Waals surface area contributed by atoms with E-state index in [1.165, 1.54) is 50.9 Å². The zero-order valence-corrected chi connectivity index (χ0v) is 21.3. The van der Waals surface area contributed by atoms with E-state index in [0.29, 0.717) is 11.7 Å². The Labute approximate surface area is 217 Å². The molecule has 2 aromatic carbocycles. The molecular formula is C31H32N6. The van der Waals surface area contributed by atoms with Crippen molar-refractivity contribution in [3.63, 3.8) is 0 Å². The van der Waals surface area contributed by atoms with E-state index in [0.717, 1.165) is 50.7 Å². The van der Waals surface area contributed by atoms with Crippen LogP contribution in [0.15, 0.2) is 67.0 Å². The summed E-state index contributed by atoms with van der Waals surface area (Å²) in [6.45, 7) is 5.91. The van der Waals surface area contributed by atoms with Crippen LogP contribution in [0.4, 0.5) is 5.82 Å². The number of fused-ring (bicyclic) bond motifs is 2. The second-order valence-corrected chi connectivity index (χ2v) is 10.8. The molecule has 0 amide bonds. The maximum absolute atomic E-state index is 6.45. The molecule has 2 N–H and O–H groups in total. The summed E-state index contributed by atoms with van der Waals surface area (Å²) in [5.74, 6) is 2.86. The number of likely N-dealkylation sites (tertiary alicyclic amines) is 1. The number of anilines is 1. The van der Waals surface area contributed by atoms with E-state index >= 15 is 0 Å². The predicted molar refractivity (Wildman–Crippen MR) is 149 cm³/mol. The van der Waals surface area contributed by atoms with Gasteiger partial charge in [-0.3, -0.25) is 4.40 Å². The molecule has 4 heterocycles. The summed E-state index contributed by atoms with van der Waals surface area (Å²) in [6, 6.07) is 19.0. The Bertz CT molecular complexity index is 1590. The number of hydrogen-bond acceptors (Lipinski definition) is 5. The van der Waals surface area contributed by atoms with Crippen molar-refractivity contribution >= 4 is 22.2 Å². The van der Waals surface area contributed by atoms with Gasteiger partial charge in [-0.05, 0) is 69.3 Å².